The minimum atomic E-state index is -4.32. The molecule has 0 saturated heterocycles. The molecule has 0 radical (unpaired) electrons. The lowest BCUT2D eigenvalue weighted by Gasteiger charge is -2.12. The third-order valence-corrected chi connectivity index (χ3v) is 1.46. The molecule has 5 heteroatoms. The van der Waals surface area contributed by atoms with E-state index in [2.05, 4.69) is 4.99 Å². The standard InChI is InChI=1S/C6H5ClF3N/c7-5-1-4(2-11-3-5)6(8,9)10/h1-2,5H,3H2. The first kappa shape index (κ1) is 8.59. The lowest BCUT2D eigenvalue weighted by atomic mass is 10.2. The fraction of sp³-hybridized carbons (Fsp3) is 0.500. The van der Waals surface area contributed by atoms with E-state index in [9.17, 15) is 13.2 Å². The summed E-state index contributed by atoms with van der Waals surface area (Å²) in [4.78, 5) is 3.46. The fourth-order valence-corrected chi connectivity index (χ4v) is 0.925. The summed E-state index contributed by atoms with van der Waals surface area (Å²) < 4.78 is 35.7. The molecule has 0 aromatic rings. The summed E-state index contributed by atoms with van der Waals surface area (Å²) in [7, 11) is 0. The maximum atomic E-state index is 11.9. The van der Waals surface area contributed by atoms with Gasteiger partial charge in [-0.1, -0.05) is 6.08 Å². The molecule has 0 bridgehead atoms. The Balaban J connectivity index is 2.80. The predicted molar refractivity (Wildman–Crippen MR) is 37.1 cm³/mol. The molecule has 0 spiro atoms. The summed E-state index contributed by atoms with van der Waals surface area (Å²) >= 11 is 5.43. The monoisotopic (exact) mass is 183 g/mol. The van der Waals surface area contributed by atoms with E-state index < -0.39 is 17.1 Å². The van der Waals surface area contributed by atoms with Crippen LogP contribution < -0.4 is 0 Å². The molecule has 1 heterocycles. The van der Waals surface area contributed by atoms with Gasteiger partial charge in [-0.15, -0.1) is 11.6 Å². The Kier molecular flexibility index (Phi) is 2.23. The third kappa shape index (κ3) is 2.22. The number of hydrogen-bond acceptors (Lipinski definition) is 1. The Labute approximate surface area is 66.6 Å². The van der Waals surface area contributed by atoms with Gasteiger partial charge in [0.25, 0.3) is 0 Å². The van der Waals surface area contributed by atoms with Gasteiger partial charge in [-0.3, -0.25) is 4.99 Å². The quantitative estimate of drug-likeness (QED) is 0.511. The van der Waals surface area contributed by atoms with Crippen LogP contribution in [0.2, 0.25) is 0 Å². The van der Waals surface area contributed by atoms with Crippen LogP contribution in [0.25, 0.3) is 0 Å². The van der Waals surface area contributed by atoms with Crippen LogP contribution in [-0.4, -0.2) is 24.3 Å². The van der Waals surface area contributed by atoms with Crippen LogP contribution in [0, 0.1) is 0 Å². The lowest BCUT2D eigenvalue weighted by molar-refractivity contribution is -0.0859. The van der Waals surface area contributed by atoms with Gasteiger partial charge < -0.3 is 0 Å². The van der Waals surface area contributed by atoms with Crippen molar-refractivity contribution >= 4 is 17.8 Å². The zero-order valence-corrected chi connectivity index (χ0v) is 6.15. The molecule has 1 atom stereocenters. The van der Waals surface area contributed by atoms with Gasteiger partial charge in [0.05, 0.1) is 17.5 Å². The van der Waals surface area contributed by atoms with Gasteiger partial charge in [0.2, 0.25) is 0 Å². The number of alkyl halides is 4. The SMILES string of the molecule is FC(F)(F)C1=CC(Cl)CN=C1. The van der Waals surface area contributed by atoms with Crippen molar-refractivity contribution in [3.8, 4) is 0 Å². The predicted octanol–water partition coefficient (Wildman–Crippen LogP) is 2.17. The summed E-state index contributed by atoms with van der Waals surface area (Å²) in [6, 6.07) is 0. The number of allylic oxidation sites excluding steroid dienone is 1. The molecule has 0 fully saturated rings. The smallest absolute Gasteiger partial charge is 0.291 e. The normalized spacial score (nSPS) is 25.1. The average Bonchev–Trinajstić information content (AvgIpc) is 1.86. The van der Waals surface area contributed by atoms with Crippen LogP contribution in [0.15, 0.2) is 16.6 Å². The van der Waals surface area contributed by atoms with Gasteiger partial charge >= 0.3 is 6.18 Å². The van der Waals surface area contributed by atoms with E-state index in [1.807, 2.05) is 0 Å². The molecule has 1 aliphatic rings. The minimum absolute atomic E-state index is 0.223. The van der Waals surface area contributed by atoms with Crippen molar-refractivity contribution in [2.45, 2.75) is 11.6 Å². The Bertz CT molecular complexity index is 206. The summed E-state index contributed by atoms with van der Waals surface area (Å²) in [5.41, 5.74) is -0.760. The van der Waals surface area contributed by atoms with Gasteiger partial charge in [0, 0.05) is 6.21 Å². The molecule has 1 rings (SSSR count). The molecule has 0 amide bonds. The number of halogens is 4. The molecule has 0 aliphatic carbocycles. The van der Waals surface area contributed by atoms with Crippen molar-refractivity contribution in [3.63, 3.8) is 0 Å². The van der Waals surface area contributed by atoms with E-state index in [0.717, 1.165) is 12.3 Å². The zero-order valence-electron chi connectivity index (χ0n) is 5.40. The highest BCUT2D eigenvalue weighted by molar-refractivity contribution is 6.22. The number of nitrogens with zero attached hydrogens (tertiary/aromatic N) is 1. The first-order valence-electron chi connectivity index (χ1n) is 2.93. The molecule has 1 unspecified atom stereocenters. The van der Waals surface area contributed by atoms with Crippen LogP contribution in [0.5, 0.6) is 0 Å². The highest BCUT2D eigenvalue weighted by Crippen LogP contribution is 2.26. The summed E-state index contributed by atoms with van der Waals surface area (Å²) in [6.07, 6.45) is -2.55. The molecule has 1 nitrogen and oxygen atoms in total. The van der Waals surface area contributed by atoms with Gasteiger partial charge in [-0.05, 0) is 0 Å². The van der Waals surface area contributed by atoms with Gasteiger partial charge in [0.15, 0.2) is 0 Å². The topological polar surface area (TPSA) is 12.4 Å². The molecule has 11 heavy (non-hydrogen) atoms. The van der Waals surface area contributed by atoms with E-state index in [4.69, 9.17) is 11.6 Å². The average molecular weight is 184 g/mol. The van der Waals surface area contributed by atoms with Crippen molar-refractivity contribution in [2.24, 2.45) is 4.99 Å². The fourth-order valence-electron chi connectivity index (χ4n) is 0.710. The van der Waals surface area contributed by atoms with Crippen LogP contribution >= 0.6 is 11.6 Å². The first-order chi connectivity index (χ1) is 5.00. The van der Waals surface area contributed by atoms with Crippen LogP contribution in [0.3, 0.4) is 0 Å². The van der Waals surface area contributed by atoms with Crippen LogP contribution in [0.4, 0.5) is 13.2 Å². The maximum Gasteiger partial charge on any atom is 0.417 e. The van der Waals surface area contributed by atoms with E-state index >= 15 is 0 Å². The number of rotatable bonds is 0. The number of aliphatic imine (C=N–C) groups is 1. The Hall–Kier alpha value is -0.510. The molecular weight excluding hydrogens is 179 g/mol. The molecule has 0 aromatic carbocycles. The van der Waals surface area contributed by atoms with E-state index in [1.165, 1.54) is 0 Å². The van der Waals surface area contributed by atoms with Crippen molar-refractivity contribution in [1.29, 1.82) is 0 Å². The van der Waals surface area contributed by atoms with Crippen molar-refractivity contribution in [3.05, 3.63) is 11.6 Å². The number of dihydropyridines is 1. The largest absolute Gasteiger partial charge is 0.417 e. The first-order valence-corrected chi connectivity index (χ1v) is 3.36. The van der Waals surface area contributed by atoms with E-state index in [1.54, 1.807) is 0 Å². The van der Waals surface area contributed by atoms with Crippen molar-refractivity contribution in [1.82, 2.24) is 0 Å². The second-order valence-electron chi connectivity index (χ2n) is 2.13. The third-order valence-electron chi connectivity index (χ3n) is 1.20. The summed E-state index contributed by atoms with van der Waals surface area (Å²) in [6.45, 7) is 0.223. The summed E-state index contributed by atoms with van der Waals surface area (Å²) in [5.74, 6) is 0. The van der Waals surface area contributed by atoms with E-state index in [-0.39, 0.29) is 6.54 Å². The van der Waals surface area contributed by atoms with Crippen LogP contribution in [0.1, 0.15) is 0 Å². The molecule has 0 saturated carbocycles. The van der Waals surface area contributed by atoms with Crippen LogP contribution in [-0.2, 0) is 0 Å². The Morgan fingerprint density at radius 2 is 2.18 bits per heavy atom. The lowest BCUT2D eigenvalue weighted by Crippen LogP contribution is -2.19. The molecular formula is C6H5ClF3N. The Morgan fingerprint density at radius 1 is 1.55 bits per heavy atom. The zero-order chi connectivity index (χ0) is 8.48. The molecule has 0 aromatic heterocycles. The second-order valence-corrected chi connectivity index (χ2v) is 2.69. The molecule has 62 valence electrons. The van der Waals surface area contributed by atoms with Crippen molar-refractivity contribution in [2.75, 3.05) is 6.54 Å². The van der Waals surface area contributed by atoms with E-state index in [0.29, 0.717) is 0 Å². The molecule has 0 N–H and O–H groups in total. The molecule has 1 aliphatic heterocycles. The highest BCUT2D eigenvalue weighted by atomic mass is 35.5. The van der Waals surface area contributed by atoms with Crippen molar-refractivity contribution < 1.29 is 13.2 Å². The van der Waals surface area contributed by atoms with Gasteiger partial charge in [-0.2, -0.15) is 13.2 Å². The second kappa shape index (κ2) is 2.85. The number of hydrogen-bond donors (Lipinski definition) is 0. The van der Waals surface area contributed by atoms with Gasteiger partial charge in [-0.25, -0.2) is 0 Å². The maximum absolute atomic E-state index is 11.9. The summed E-state index contributed by atoms with van der Waals surface area (Å²) in [5, 5.41) is -0.628. The highest BCUT2D eigenvalue weighted by Gasteiger charge is 2.33. The van der Waals surface area contributed by atoms with Gasteiger partial charge in [0.1, 0.15) is 0 Å². The Morgan fingerprint density at radius 3 is 2.55 bits per heavy atom. The minimum Gasteiger partial charge on any atom is -0.291 e.